The van der Waals surface area contributed by atoms with E-state index in [0.717, 1.165) is 47.2 Å². The van der Waals surface area contributed by atoms with Crippen LogP contribution in [0.4, 0.5) is 5.69 Å². The Hall–Kier alpha value is -3.35. The maximum absolute atomic E-state index is 12.7. The number of H-pyrrole nitrogens is 2. The highest BCUT2D eigenvalue weighted by atomic mass is 16.5. The van der Waals surface area contributed by atoms with Crippen LogP contribution in [0.5, 0.6) is 0 Å². The molecule has 30 heavy (non-hydrogen) atoms. The second kappa shape index (κ2) is 6.58. The Morgan fingerprint density at radius 1 is 1.23 bits per heavy atom. The number of aromatic nitrogens is 4. The summed E-state index contributed by atoms with van der Waals surface area (Å²) in [6.07, 6.45) is 3.21. The number of hydrogen-bond donors (Lipinski definition) is 2. The molecule has 154 valence electrons. The summed E-state index contributed by atoms with van der Waals surface area (Å²) >= 11 is 0. The molecule has 0 atom stereocenters. The topological polar surface area (TPSA) is 90.8 Å². The highest BCUT2D eigenvalue weighted by Gasteiger charge is 2.29. The normalized spacial score (nSPS) is 15.3. The van der Waals surface area contributed by atoms with Gasteiger partial charge in [0, 0.05) is 41.0 Å². The Labute approximate surface area is 174 Å². The fourth-order valence-corrected chi connectivity index (χ4v) is 4.28. The van der Waals surface area contributed by atoms with Gasteiger partial charge in [-0.3, -0.25) is 9.89 Å². The van der Waals surface area contributed by atoms with Gasteiger partial charge in [0.15, 0.2) is 5.69 Å². The number of nitrogens with one attached hydrogen (secondary N) is 2. The molecule has 7 heteroatoms. The molecule has 3 heterocycles. The van der Waals surface area contributed by atoms with Crippen LogP contribution in [0.1, 0.15) is 47.8 Å². The predicted molar refractivity (Wildman–Crippen MR) is 116 cm³/mol. The lowest BCUT2D eigenvalue weighted by molar-refractivity contribution is 0.0984. The molecule has 0 radical (unpaired) electrons. The van der Waals surface area contributed by atoms with Gasteiger partial charge < -0.3 is 14.4 Å². The van der Waals surface area contributed by atoms with E-state index in [9.17, 15) is 4.79 Å². The van der Waals surface area contributed by atoms with E-state index in [2.05, 4.69) is 40.3 Å². The van der Waals surface area contributed by atoms with Crippen molar-refractivity contribution in [2.24, 2.45) is 5.41 Å². The van der Waals surface area contributed by atoms with Crippen LogP contribution in [0.3, 0.4) is 0 Å². The van der Waals surface area contributed by atoms with Crippen molar-refractivity contribution >= 4 is 22.5 Å². The van der Waals surface area contributed by atoms with Gasteiger partial charge in [0.2, 0.25) is 0 Å². The number of nitrogens with zero attached hydrogens (tertiary/aromatic N) is 3. The van der Waals surface area contributed by atoms with Crippen LogP contribution in [-0.4, -0.2) is 33.3 Å². The molecule has 0 unspecified atom stereocenters. The highest BCUT2D eigenvalue weighted by Crippen LogP contribution is 2.38. The van der Waals surface area contributed by atoms with E-state index in [1.807, 2.05) is 18.2 Å². The zero-order valence-electron chi connectivity index (χ0n) is 17.7. The molecular formula is C23H25N5O2. The standard InChI is InChI=1S/C23H25N5O2/c1-13-9-19(27-30-13)22(29)28(4)15-6-5-14-10-18(24-17(14)11-15)21-16-7-8-23(2,3)12-20(16)25-26-21/h5-6,9-11,24H,7-8,12H2,1-4H3,(H,25,26). The highest BCUT2D eigenvalue weighted by molar-refractivity contribution is 6.05. The predicted octanol–water partition coefficient (Wildman–Crippen LogP) is 4.65. The number of aryl methyl sites for hydroxylation is 1. The summed E-state index contributed by atoms with van der Waals surface area (Å²) in [6.45, 7) is 6.38. The average Bonchev–Trinajstić information content (AvgIpc) is 3.42. The van der Waals surface area contributed by atoms with Crippen molar-refractivity contribution in [3.63, 3.8) is 0 Å². The van der Waals surface area contributed by atoms with E-state index in [0.29, 0.717) is 16.9 Å². The molecule has 1 aromatic carbocycles. The van der Waals surface area contributed by atoms with E-state index < -0.39 is 0 Å². The first kappa shape index (κ1) is 18.7. The molecule has 5 rings (SSSR count). The van der Waals surface area contributed by atoms with Gasteiger partial charge in [-0.25, -0.2) is 0 Å². The van der Waals surface area contributed by atoms with Gasteiger partial charge in [-0.15, -0.1) is 0 Å². The lowest BCUT2D eigenvalue weighted by atomic mass is 9.76. The summed E-state index contributed by atoms with van der Waals surface area (Å²) in [6, 6.07) is 9.70. The molecule has 0 saturated carbocycles. The molecule has 3 aromatic heterocycles. The molecule has 0 aliphatic heterocycles. The quantitative estimate of drug-likeness (QED) is 0.521. The van der Waals surface area contributed by atoms with Crippen LogP contribution in [0.2, 0.25) is 0 Å². The fraction of sp³-hybridized carbons (Fsp3) is 0.348. The second-order valence-electron chi connectivity index (χ2n) is 9.01. The summed E-state index contributed by atoms with van der Waals surface area (Å²) in [4.78, 5) is 17.7. The Morgan fingerprint density at radius 3 is 2.83 bits per heavy atom. The minimum absolute atomic E-state index is 0.207. The molecule has 0 bridgehead atoms. The van der Waals surface area contributed by atoms with E-state index in [4.69, 9.17) is 4.52 Å². The number of anilines is 1. The molecule has 7 nitrogen and oxygen atoms in total. The summed E-state index contributed by atoms with van der Waals surface area (Å²) in [5, 5.41) is 12.8. The van der Waals surface area contributed by atoms with Gasteiger partial charge in [-0.1, -0.05) is 25.1 Å². The number of fused-ring (bicyclic) bond motifs is 2. The van der Waals surface area contributed by atoms with Crippen LogP contribution in [0, 0.1) is 12.3 Å². The molecule has 1 aliphatic carbocycles. The van der Waals surface area contributed by atoms with Crippen LogP contribution < -0.4 is 4.90 Å². The first-order chi connectivity index (χ1) is 14.3. The molecule has 0 spiro atoms. The smallest absolute Gasteiger partial charge is 0.280 e. The minimum atomic E-state index is -0.207. The number of rotatable bonds is 3. The lowest BCUT2D eigenvalue weighted by Crippen LogP contribution is -2.26. The molecule has 1 aliphatic rings. The van der Waals surface area contributed by atoms with Gasteiger partial charge in [0.1, 0.15) is 11.5 Å². The average molecular weight is 403 g/mol. The van der Waals surface area contributed by atoms with E-state index in [1.54, 1.807) is 24.9 Å². The first-order valence-electron chi connectivity index (χ1n) is 10.2. The molecular weight excluding hydrogens is 378 g/mol. The van der Waals surface area contributed by atoms with Crippen LogP contribution >= 0.6 is 0 Å². The molecule has 4 aromatic rings. The Balaban J connectivity index is 1.47. The maximum Gasteiger partial charge on any atom is 0.280 e. The zero-order chi connectivity index (χ0) is 21.0. The lowest BCUT2D eigenvalue weighted by Gasteiger charge is -2.28. The molecule has 0 saturated heterocycles. The third kappa shape index (κ3) is 3.10. The zero-order valence-corrected chi connectivity index (χ0v) is 17.7. The third-order valence-electron chi connectivity index (χ3n) is 6.06. The van der Waals surface area contributed by atoms with E-state index in [-0.39, 0.29) is 5.91 Å². The second-order valence-corrected chi connectivity index (χ2v) is 9.01. The Bertz CT molecular complexity index is 1260. The van der Waals surface area contributed by atoms with Crippen molar-refractivity contribution in [3.05, 3.63) is 53.0 Å². The van der Waals surface area contributed by atoms with Crippen molar-refractivity contribution < 1.29 is 9.32 Å². The number of amides is 1. The Morgan fingerprint density at radius 2 is 2.07 bits per heavy atom. The van der Waals surface area contributed by atoms with Gasteiger partial charge in [0.05, 0.1) is 5.69 Å². The summed E-state index contributed by atoms with van der Waals surface area (Å²) < 4.78 is 5.03. The Kier molecular flexibility index (Phi) is 4.10. The summed E-state index contributed by atoms with van der Waals surface area (Å²) in [5.41, 5.74) is 6.92. The van der Waals surface area contributed by atoms with Gasteiger partial charge in [-0.05, 0) is 49.8 Å². The van der Waals surface area contributed by atoms with Crippen molar-refractivity contribution in [1.29, 1.82) is 0 Å². The monoisotopic (exact) mass is 403 g/mol. The number of carbonyl (C=O) groups excluding carboxylic acids is 1. The van der Waals surface area contributed by atoms with Crippen LogP contribution in [0.25, 0.3) is 22.3 Å². The van der Waals surface area contributed by atoms with Crippen molar-refractivity contribution in [3.8, 4) is 11.4 Å². The van der Waals surface area contributed by atoms with Crippen molar-refractivity contribution in [1.82, 2.24) is 20.3 Å². The van der Waals surface area contributed by atoms with E-state index >= 15 is 0 Å². The number of aromatic amines is 2. The summed E-state index contributed by atoms with van der Waals surface area (Å²) in [7, 11) is 1.74. The number of hydrogen-bond acceptors (Lipinski definition) is 4. The van der Waals surface area contributed by atoms with Crippen LogP contribution in [-0.2, 0) is 12.8 Å². The number of carbonyl (C=O) groups is 1. The largest absolute Gasteiger partial charge is 0.361 e. The minimum Gasteiger partial charge on any atom is -0.361 e. The number of benzene rings is 1. The van der Waals surface area contributed by atoms with E-state index in [1.165, 1.54) is 11.3 Å². The van der Waals surface area contributed by atoms with Crippen LogP contribution in [0.15, 0.2) is 34.9 Å². The van der Waals surface area contributed by atoms with Crippen molar-refractivity contribution in [2.45, 2.75) is 40.0 Å². The van der Waals surface area contributed by atoms with Crippen molar-refractivity contribution in [2.75, 3.05) is 11.9 Å². The summed E-state index contributed by atoms with van der Waals surface area (Å²) in [5.74, 6) is 0.406. The van der Waals surface area contributed by atoms with Gasteiger partial charge >= 0.3 is 0 Å². The van der Waals surface area contributed by atoms with Gasteiger partial charge in [0.25, 0.3) is 5.91 Å². The maximum atomic E-state index is 12.7. The third-order valence-corrected chi connectivity index (χ3v) is 6.06. The molecule has 1 amide bonds. The van der Waals surface area contributed by atoms with Gasteiger partial charge in [-0.2, -0.15) is 5.10 Å². The SMILES string of the molecule is Cc1cc(C(=O)N(C)c2ccc3cc(-c4n[nH]c5c4CCC(C)(C)C5)[nH]c3c2)no1. The fourth-order valence-electron chi connectivity index (χ4n) is 4.28. The first-order valence-corrected chi connectivity index (χ1v) is 10.2. The molecule has 0 fully saturated rings. The molecule has 2 N–H and O–H groups in total.